The van der Waals surface area contributed by atoms with Crippen LogP contribution in [0.1, 0.15) is 5.56 Å². The fourth-order valence-electron chi connectivity index (χ4n) is 1.40. The summed E-state index contributed by atoms with van der Waals surface area (Å²) in [4.78, 5) is 4.25. The third kappa shape index (κ3) is 3.14. The van der Waals surface area contributed by atoms with Crippen molar-refractivity contribution in [2.45, 2.75) is 0 Å². The fraction of sp³-hybridized carbons (Fsp3) is 0.0714. The Hall–Kier alpha value is -2.16. The van der Waals surface area contributed by atoms with Crippen LogP contribution in [-0.4, -0.2) is 13.3 Å². The number of aliphatic imine (C=N–C) groups is 1. The minimum absolute atomic E-state index is 0.259. The van der Waals surface area contributed by atoms with E-state index in [4.69, 9.17) is 4.74 Å². The molecular weight excluding hydrogens is 217 g/mol. The van der Waals surface area contributed by atoms with E-state index < -0.39 is 0 Å². The van der Waals surface area contributed by atoms with Crippen LogP contribution in [0.15, 0.2) is 53.5 Å². The van der Waals surface area contributed by atoms with Crippen LogP contribution in [0, 0.1) is 5.82 Å². The van der Waals surface area contributed by atoms with E-state index in [0.717, 1.165) is 11.3 Å². The highest BCUT2D eigenvalue weighted by atomic mass is 19.1. The van der Waals surface area contributed by atoms with E-state index in [1.807, 2.05) is 24.3 Å². The van der Waals surface area contributed by atoms with Gasteiger partial charge in [0.15, 0.2) is 0 Å². The average molecular weight is 229 g/mol. The van der Waals surface area contributed by atoms with Crippen molar-refractivity contribution >= 4 is 11.9 Å². The highest BCUT2D eigenvalue weighted by Gasteiger charge is 1.93. The van der Waals surface area contributed by atoms with Gasteiger partial charge in [-0.15, -0.1) is 0 Å². The summed E-state index contributed by atoms with van der Waals surface area (Å²) in [5.41, 5.74) is 1.66. The topological polar surface area (TPSA) is 21.6 Å². The summed E-state index contributed by atoms with van der Waals surface area (Å²) < 4.78 is 17.8. The molecule has 2 aromatic carbocycles. The average Bonchev–Trinajstić information content (AvgIpc) is 2.38. The summed E-state index contributed by atoms with van der Waals surface area (Å²) in [6, 6.07) is 13.6. The van der Waals surface area contributed by atoms with Crippen LogP contribution in [0.4, 0.5) is 10.1 Å². The fourth-order valence-corrected chi connectivity index (χ4v) is 1.40. The SMILES string of the molecule is COc1cccc(/C=N/c2ccc(F)cc2)c1. The van der Waals surface area contributed by atoms with Gasteiger partial charge >= 0.3 is 0 Å². The lowest BCUT2D eigenvalue weighted by atomic mass is 10.2. The molecule has 0 atom stereocenters. The van der Waals surface area contributed by atoms with Crippen molar-refractivity contribution in [3.63, 3.8) is 0 Å². The molecule has 0 radical (unpaired) electrons. The molecule has 2 aromatic rings. The van der Waals surface area contributed by atoms with Crippen molar-refractivity contribution in [1.29, 1.82) is 0 Å². The van der Waals surface area contributed by atoms with Gasteiger partial charge in [0.2, 0.25) is 0 Å². The van der Waals surface area contributed by atoms with E-state index in [2.05, 4.69) is 4.99 Å². The Bertz CT molecular complexity index is 520. The quantitative estimate of drug-likeness (QED) is 0.737. The number of hydrogen-bond acceptors (Lipinski definition) is 2. The number of methoxy groups -OCH3 is 1. The first-order valence-corrected chi connectivity index (χ1v) is 5.21. The molecule has 0 bridgehead atoms. The summed E-state index contributed by atoms with van der Waals surface area (Å²) in [6.45, 7) is 0. The van der Waals surface area contributed by atoms with Crippen LogP contribution in [0.5, 0.6) is 5.75 Å². The Kier molecular flexibility index (Phi) is 3.50. The van der Waals surface area contributed by atoms with Gasteiger partial charge in [-0.05, 0) is 42.0 Å². The molecule has 2 rings (SSSR count). The van der Waals surface area contributed by atoms with Crippen LogP contribution < -0.4 is 4.74 Å². The van der Waals surface area contributed by atoms with Gasteiger partial charge < -0.3 is 4.74 Å². The van der Waals surface area contributed by atoms with Crippen molar-refractivity contribution in [2.75, 3.05) is 7.11 Å². The minimum Gasteiger partial charge on any atom is -0.497 e. The van der Waals surface area contributed by atoms with Gasteiger partial charge in [0.05, 0.1) is 12.8 Å². The molecule has 0 aromatic heterocycles. The molecular formula is C14H12FNO. The van der Waals surface area contributed by atoms with Gasteiger partial charge in [-0.25, -0.2) is 4.39 Å². The zero-order valence-corrected chi connectivity index (χ0v) is 9.43. The third-order valence-corrected chi connectivity index (χ3v) is 2.28. The summed E-state index contributed by atoms with van der Waals surface area (Å²) in [5, 5.41) is 0. The number of nitrogens with zero attached hydrogens (tertiary/aromatic N) is 1. The Labute approximate surface area is 99.4 Å². The van der Waals surface area contributed by atoms with E-state index in [0.29, 0.717) is 5.69 Å². The van der Waals surface area contributed by atoms with Crippen molar-refractivity contribution in [2.24, 2.45) is 4.99 Å². The second kappa shape index (κ2) is 5.25. The van der Waals surface area contributed by atoms with E-state index in [-0.39, 0.29) is 5.82 Å². The molecule has 86 valence electrons. The Morgan fingerprint density at radius 1 is 1.12 bits per heavy atom. The minimum atomic E-state index is -0.259. The lowest BCUT2D eigenvalue weighted by Gasteiger charge is -1.99. The maximum absolute atomic E-state index is 12.7. The molecule has 0 saturated carbocycles. The highest BCUT2D eigenvalue weighted by molar-refractivity contribution is 5.82. The van der Waals surface area contributed by atoms with Gasteiger partial charge in [0, 0.05) is 6.21 Å². The number of halogens is 1. The summed E-state index contributed by atoms with van der Waals surface area (Å²) in [5.74, 6) is 0.526. The molecule has 0 unspecified atom stereocenters. The van der Waals surface area contributed by atoms with E-state index in [9.17, 15) is 4.39 Å². The molecule has 2 nitrogen and oxygen atoms in total. The van der Waals surface area contributed by atoms with Crippen LogP contribution in [0.2, 0.25) is 0 Å². The number of ether oxygens (including phenoxy) is 1. The summed E-state index contributed by atoms with van der Waals surface area (Å²) in [6.07, 6.45) is 1.72. The van der Waals surface area contributed by atoms with E-state index >= 15 is 0 Å². The second-order valence-electron chi connectivity index (χ2n) is 3.51. The molecule has 3 heteroatoms. The van der Waals surface area contributed by atoms with Crippen molar-refractivity contribution in [3.05, 3.63) is 59.9 Å². The second-order valence-corrected chi connectivity index (χ2v) is 3.51. The molecule has 0 aliphatic carbocycles. The van der Waals surface area contributed by atoms with Crippen LogP contribution in [-0.2, 0) is 0 Å². The first-order chi connectivity index (χ1) is 8.28. The zero-order valence-electron chi connectivity index (χ0n) is 9.43. The number of rotatable bonds is 3. The lowest BCUT2D eigenvalue weighted by Crippen LogP contribution is -1.85. The zero-order chi connectivity index (χ0) is 12.1. The number of benzene rings is 2. The van der Waals surface area contributed by atoms with Gasteiger partial charge in [0.1, 0.15) is 11.6 Å². The maximum Gasteiger partial charge on any atom is 0.123 e. The van der Waals surface area contributed by atoms with Gasteiger partial charge in [-0.3, -0.25) is 4.99 Å². The molecule has 0 fully saturated rings. The Morgan fingerprint density at radius 3 is 2.59 bits per heavy atom. The van der Waals surface area contributed by atoms with Gasteiger partial charge in [0.25, 0.3) is 0 Å². The predicted octanol–water partition coefficient (Wildman–Crippen LogP) is 3.58. The van der Waals surface area contributed by atoms with Crippen LogP contribution >= 0.6 is 0 Å². The third-order valence-electron chi connectivity index (χ3n) is 2.28. The summed E-state index contributed by atoms with van der Waals surface area (Å²) >= 11 is 0. The smallest absolute Gasteiger partial charge is 0.123 e. The Balaban J connectivity index is 2.16. The molecule has 0 aliphatic rings. The molecule has 0 N–H and O–H groups in total. The van der Waals surface area contributed by atoms with Gasteiger partial charge in [-0.2, -0.15) is 0 Å². The largest absolute Gasteiger partial charge is 0.497 e. The molecule has 0 heterocycles. The number of hydrogen-bond donors (Lipinski definition) is 0. The first-order valence-electron chi connectivity index (χ1n) is 5.21. The molecule has 0 spiro atoms. The molecule has 17 heavy (non-hydrogen) atoms. The van der Waals surface area contributed by atoms with Crippen LogP contribution in [0.25, 0.3) is 0 Å². The monoisotopic (exact) mass is 229 g/mol. The molecule has 0 saturated heterocycles. The predicted molar refractivity (Wildman–Crippen MR) is 66.6 cm³/mol. The maximum atomic E-state index is 12.7. The highest BCUT2D eigenvalue weighted by Crippen LogP contribution is 2.14. The lowest BCUT2D eigenvalue weighted by molar-refractivity contribution is 0.415. The Morgan fingerprint density at radius 2 is 1.88 bits per heavy atom. The molecule has 0 aliphatic heterocycles. The van der Waals surface area contributed by atoms with Crippen molar-refractivity contribution < 1.29 is 9.13 Å². The van der Waals surface area contributed by atoms with E-state index in [1.54, 1.807) is 25.5 Å². The van der Waals surface area contributed by atoms with Crippen molar-refractivity contribution in [3.8, 4) is 5.75 Å². The van der Waals surface area contributed by atoms with Gasteiger partial charge in [-0.1, -0.05) is 12.1 Å². The standard InChI is InChI=1S/C14H12FNO/c1-17-14-4-2-3-11(9-14)10-16-13-7-5-12(15)6-8-13/h2-10H,1H3/b16-10+. The van der Waals surface area contributed by atoms with Crippen molar-refractivity contribution in [1.82, 2.24) is 0 Å². The van der Waals surface area contributed by atoms with E-state index in [1.165, 1.54) is 12.1 Å². The first kappa shape index (κ1) is 11.3. The molecule has 0 amide bonds. The summed E-state index contributed by atoms with van der Waals surface area (Å²) in [7, 11) is 1.62. The normalized spacial score (nSPS) is 10.7. The van der Waals surface area contributed by atoms with Crippen LogP contribution in [0.3, 0.4) is 0 Å².